The number of ketones is 1. The number of hydrogen-bond donors (Lipinski definition) is 0. The van der Waals surface area contributed by atoms with E-state index in [1.807, 2.05) is 26.0 Å². The van der Waals surface area contributed by atoms with Crippen molar-refractivity contribution in [1.82, 2.24) is 4.31 Å². The molecule has 0 radical (unpaired) electrons. The van der Waals surface area contributed by atoms with E-state index in [0.717, 1.165) is 11.1 Å². The number of Topliss-reactive ketones (excluding diaryl/α,β-unsaturated/α-hetero) is 1. The maximum atomic E-state index is 12.8. The molecule has 0 aliphatic carbocycles. The molecule has 122 valence electrons. The Morgan fingerprint density at radius 2 is 2.00 bits per heavy atom. The molecular formula is C17H19NO3S2. The van der Waals surface area contributed by atoms with Crippen LogP contribution in [0, 0.1) is 13.8 Å². The second kappa shape index (κ2) is 6.19. The molecule has 1 fully saturated rings. The minimum Gasteiger partial charge on any atom is -0.292 e. The molecule has 0 N–H and O–H groups in total. The predicted octanol–water partition coefficient (Wildman–Crippen LogP) is 3.40. The van der Waals surface area contributed by atoms with Crippen molar-refractivity contribution in [1.29, 1.82) is 0 Å². The summed E-state index contributed by atoms with van der Waals surface area (Å²) in [6.45, 7) is 4.36. The first kappa shape index (κ1) is 16.4. The number of benzene rings is 1. The monoisotopic (exact) mass is 349 g/mol. The lowest BCUT2D eigenvalue weighted by Crippen LogP contribution is -2.40. The molecule has 1 aromatic carbocycles. The minimum atomic E-state index is -3.58. The average Bonchev–Trinajstić information content (AvgIpc) is 3.21. The Hall–Kier alpha value is -1.50. The maximum Gasteiger partial charge on any atom is 0.253 e. The highest BCUT2D eigenvalue weighted by Gasteiger charge is 2.40. The Labute approximate surface area is 140 Å². The van der Waals surface area contributed by atoms with Gasteiger partial charge in [-0.3, -0.25) is 4.79 Å². The van der Waals surface area contributed by atoms with Gasteiger partial charge in [-0.25, -0.2) is 8.42 Å². The highest BCUT2D eigenvalue weighted by atomic mass is 32.2. The van der Waals surface area contributed by atoms with E-state index in [-0.39, 0.29) is 5.78 Å². The molecule has 1 aliphatic heterocycles. The van der Waals surface area contributed by atoms with Crippen LogP contribution in [0.5, 0.6) is 0 Å². The van der Waals surface area contributed by atoms with Crippen LogP contribution in [0.4, 0.5) is 0 Å². The molecule has 0 spiro atoms. The summed E-state index contributed by atoms with van der Waals surface area (Å²) in [5, 5.41) is 1.74. The molecule has 0 bridgehead atoms. The van der Waals surface area contributed by atoms with Gasteiger partial charge in [0.15, 0.2) is 5.78 Å². The number of thiophene rings is 1. The van der Waals surface area contributed by atoms with Crippen molar-refractivity contribution < 1.29 is 13.2 Å². The molecule has 1 aliphatic rings. The van der Waals surface area contributed by atoms with Crippen LogP contribution in [0.15, 0.2) is 39.9 Å². The van der Waals surface area contributed by atoms with E-state index in [9.17, 15) is 13.2 Å². The Morgan fingerprint density at radius 3 is 2.65 bits per heavy atom. The zero-order chi connectivity index (χ0) is 16.6. The first-order chi connectivity index (χ1) is 10.9. The largest absolute Gasteiger partial charge is 0.292 e. The van der Waals surface area contributed by atoms with E-state index < -0.39 is 16.1 Å². The highest BCUT2D eigenvalue weighted by Crippen LogP contribution is 2.30. The van der Waals surface area contributed by atoms with Gasteiger partial charge in [0.25, 0.3) is 10.0 Å². The van der Waals surface area contributed by atoms with Crippen molar-refractivity contribution in [2.24, 2.45) is 0 Å². The topological polar surface area (TPSA) is 54.5 Å². The summed E-state index contributed by atoms with van der Waals surface area (Å²) in [5.41, 5.74) is 2.75. The van der Waals surface area contributed by atoms with Crippen LogP contribution < -0.4 is 0 Å². The summed E-state index contributed by atoms with van der Waals surface area (Å²) in [7, 11) is -3.58. The molecule has 1 saturated heterocycles. The van der Waals surface area contributed by atoms with Crippen LogP contribution in [0.25, 0.3) is 0 Å². The summed E-state index contributed by atoms with van der Waals surface area (Å²) in [6.07, 6.45) is 1.29. The normalized spacial score (nSPS) is 19.1. The molecule has 0 saturated carbocycles. The third kappa shape index (κ3) is 2.98. The molecule has 3 rings (SSSR count). The zero-order valence-electron chi connectivity index (χ0n) is 13.2. The molecule has 1 aromatic heterocycles. The lowest BCUT2D eigenvalue weighted by Gasteiger charge is -2.22. The fraction of sp³-hybridized carbons (Fsp3) is 0.353. The highest BCUT2D eigenvalue weighted by molar-refractivity contribution is 7.91. The van der Waals surface area contributed by atoms with E-state index in [0.29, 0.717) is 29.2 Å². The van der Waals surface area contributed by atoms with Crippen LogP contribution in [-0.4, -0.2) is 31.1 Å². The number of sulfonamides is 1. The van der Waals surface area contributed by atoms with Gasteiger partial charge in [0.05, 0.1) is 6.04 Å². The first-order valence-electron chi connectivity index (χ1n) is 7.58. The Kier molecular flexibility index (Phi) is 4.40. The van der Waals surface area contributed by atoms with Crippen LogP contribution >= 0.6 is 11.3 Å². The van der Waals surface area contributed by atoms with E-state index >= 15 is 0 Å². The smallest absolute Gasteiger partial charge is 0.253 e. The quantitative estimate of drug-likeness (QED) is 0.795. The van der Waals surface area contributed by atoms with Crippen LogP contribution in [-0.2, 0) is 10.0 Å². The minimum absolute atomic E-state index is 0.106. The number of carbonyl (C=O) groups excluding carboxylic acids is 1. The molecular weight excluding hydrogens is 330 g/mol. The molecule has 0 amide bonds. The SMILES string of the molecule is Cc1ccc(C(=O)C2CCCN2S(=O)(=O)c2cccs2)cc1C. The predicted molar refractivity (Wildman–Crippen MR) is 91.5 cm³/mol. The van der Waals surface area contributed by atoms with Gasteiger partial charge in [-0.05, 0) is 55.3 Å². The summed E-state index contributed by atoms with van der Waals surface area (Å²) in [6, 6.07) is 8.27. The summed E-state index contributed by atoms with van der Waals surface area (Å²) in [5.74, 6) is -0.106. The summed E-state index contributed by atoms with van der Waals surface area (Å²) < 4.78 is 27.2. The maximum absolute atomic E-state index is 12.8. The van der Waals surface area contributed by atoms with E-state index in [1.165, 1.54) is 15.6 Å². The molecule has 23 heavy (non-hydrogen) atoms. The van der Waals surface area contributed by atoms with Gasteiger partial charge < -0.3 is 0 Å². The van der Waals surface area contributed by atoms with Gasteiger partial charge >= 0.3 is 0 Å². The number of hydrogen-bond acceptors (Lipinski definition) is 4. The third-order valence-electron chi connectivity index (χ3n) is 4.36. The lowest BCUT2D eigenvalue weighted by atomic mass is 9.99. The Bertz CT molecular complexity index is 826. The van der Waals surface area contributed by atoms with Gasteiger partial charge in [0, 0.05) is 12.1 Å². The van der Waals surface area contributed by atoms with Crippen molar-refractivity contribution in [3.63, 3.8) is 0 Å². The van der Waals surface area contributed by atoms with Crippen LogP contribution in [0.3, 0.4) is 0 Å². The van der Waals surface area contributed by atoms with Crippen molar-refractivity contribution in [3.8, 4) is 0 Å². The van der Waals surface area contributed by atoms with Gasteiger partial charge in [-0.1, -0.05) is 18.2 Å². The van der Waals surface area contributed by atoms with Crippen molar-refractivity contribution in [2.45, 2.75) is 36.9 Å². The Morgan fingerprint density at radius 1 is 1.22 bits per heavy atom. The van der Waals surface area contributed by atoms with Gasteiger partial charge in [-0.2, -0.15) is 4.31 Å². The fourth-order valence-electron chi connectivity index (χ4n) is 2.90. The zero-order valence-corrected chi connectivity index (χ0v) is 14.8. The second-order valence-corrected chi connectivity index (χ2v) is 8.93. The summed E-state index contributed by atoms with van der Waals surface area (Å²) in [4.78, 5) is 12.8. The standard InChI is InChI=1S/C17H19NO3S2/c1-12-7-8-14(11-13(12)2)17(19)15-5-3-9-18(15)23(20,21)16-6-4-10-22-16/h4,6-8,10-11,15H,3,5,9H2,1-2H3. The van der Waals surface area contributed by atoms with Gasteiger partial charge in [0.1, 0.15) is 4.21 Å². The molecule has 2 heterocycles. The van der Waals surface area contributed by atoms with Crippen LogP contribution in [0.1, 0.15) is 34.3 Å². The molecule has 1 unspecified atom stereocenters. The summed E-state index contributed by atoms with van der Waals surface area (Å²) >= 11 is 1.19. The van der Waals surface area contributed by atoms with Crippen molar-refractivity contribution >= 4 is 27.1 Å². The van der Waals surface area contributed by atoms with E-state index in [2.05, 4.69) is 0 Å². The van der Waals surface area contributed by atoms with Crippen molar-refractivity contribution in [3.05, 3.63) is 52.4 Å². The molecule has 1 atom stereocenters. The number of nitrogens with zero attached hydrogens (tertiary/aromatic N) is 1. The van der Waals surface area contributed by atoms with Crippen LogP contribution in [0.2, 0.25) is 0 Å². The van der Waals surface area contributed by atoms with Gasteiger partial charge in [0.2, 0.25) is 0 Å². The third-order valence-corrected chi connectivity index (χ3v) is 7.64. The Balaban J connectivity index is 1.92. The van der Waals surface area contributed by atoms with E-state index in [4.69, 9.17) is 0 Å². The first-order valence-corrected chi connectivity index (χ1v) is 9.90. The molecule has 4 nitrogen and oxygen atoms in total. The second-order valence-electron chi connectivity index (χ2n) is 5.87. The fourth-order valence-corrected chi connectivity index (χ4v) is 5.68. The number of rotatable bonds is 4. The molecule has 2 aromatic rings. The average molecular weight is 349 g/mol. The van der Waals surface area contributed by atoms with Crippen molar-refractivity contribution in [2.75, 3.05) is 6.54 Å². The van der Waals surface area contributed by atoms with Gasteiger partial charge in [-0.15, -0.1) is 11.3 Å². The molecule has 6 heteroatoms. The number of carbonyl (C=O) groups is 1. The van der Waals surface area contributed by atoms with E-state index in [1.54, 1.807) is 23.6 Å². The number of aryl methyl sites for hydroxylation is 2. The lowest BCUT2D eigenvalue weighted by molar-refractivity contribution is 0.0918.